The maximum atomic E-state index is 12.4. The molecule has 0 radical (unpaired) electrons. The van der Waals surface area contributed by atoms with Crippen molar-refractivity contribution in [1.29, 1.82) is 0 Å². The minimum atomic E-state index is -0.585. The van der Waals surface area contributed by atoms with Gasteiger partial charge >= 0.3 is 11.9 Å². The van der Waals surface area contributed by atoms with Crippen LogP contribution in [0.1, 0.15) is 26.7 Å². The van der Waals surface area contributed by atoms with Gasteiger partial charge in [0.05, 0.1) is 19.8 Å². The number of rotatable bonds is 5. The van der Waals surface area contributed by atoms with E-state index in [0.29, 0.717) is 17.1 Å². The van der Waals surface area contributed by atoms with E-state index in [4.69, 9.17) is 13.9 Å². The molecule has 0 unspecified atom stereocenters. The Morgan fingerprint density at radius 3 is 2.40 bits per heavy atom. The molecule has 2 aromatic carbocycles. The van der Waals surface area contributed by atoms with Crippen LogP contribution in [0.3, 0.4) is 0 Å². The molecule has 6 nitrogen and oxygen atoms in total. The van der Waals surface area contributed by atoms with E-state index in [9.17, 15) is 9.59 Å². The van der Waals surface area contributed by atoms with Crippen LogP contribution in [0, 0.1) is 0 Å². The van der Waals surface area contributed by atoms with Crippen LogP contribution in [-0.2, 0) is 16.1 Å². The van der Waals surface area contributed by atoms with E-state index in [-0.39, 0.29) is 12.4 Å². The number of fused-ring (bicyclic) bond motifs is 1. The van der Waals surface area contributed by atoms with E-state index in [0.717, 1.165) is 10.8 Å². The summed E-state index contributed by atoms with van der Waals surface area (Å²) in [4.78, 5) is 23.8. The van der Waals surface area contributed by atoms with Crippen molar-refractivity contribution < 1.29 is 28.2 Å². The first-order valence-electron chi connectivity index (χ1n) is 7.54. The number of furan rings is 1. The number of carbonyl (C=O) groups is 2. The van der Waals surface area contributed by atoms with Crippen molar-refractivity contribution in [2.45, 2.75) is 6.61 Å². The van der Waals surface area contributed by atoms with Gasteiger partial charge in [0.2, 0.25) is 5.76 Å². The lowest BCUT2D eigenvalue weighted by atomic mass is 10.0. The molecule has 25 heavy (non-hydrogen) atoms. The highest BCUT2D eigenvalue weighted by molar-refractivity contribution is 6.06. The van der Waals surface area contributed by atoms with Crippen LogP contribution >= 0.6 is 0 Å². The van der Waals surface area contributed by atoms with Gasteiger partial charge in [-0.25, -0.2) is 9.59 Å². The van der Waals surface area contributed by atoms with E-state index in [1.54, 1.807) is 25.3 Å². The summed E-state index contributed by atoms with van der Waals surface area (Å²) in [5, 5.41) is 1.56. The number of benzene rings is 2. The van der Waals surface area contributed by atoms with Crippen LogP contribution in [0.2, 0.25) is 0 Å². The monoisotopic (exact) mass is 340 g/mol. The Kier molecular flexibility index (Phi) is 4.70. The topological polar surface area (TPSA) is 75.0 Å². The third-order valence-electron chi connectivity index (χ3n) is 3.72. The molecule has 0 saturated carbocycles. The second-order valence-electron chi connectivity index (χ2n) is 5.19. The maximum Gasteiger partial charge on any atom is 0.373 e. The molecule has 0 aliphatic heterocycles. The third kappa shape index (κ3) is 3.33. The average Bonchev–Trinajstić information content (AvgIpc) is 3.13. The molecule has 0 saturated heterocycles. The van der Waals surface area contributed by atoms with E-state index in [1.807, 2.05) is 24.3 Å². The van der Waals surface area contributed by atoms with Crippen LogP contribution in [0.15, 0.2) is 52.9 Å². The second-order valence-corrected chi connectivity index (χ2v) is 5.19. The maximum absolute atomic E-state index is 12.4. The first-order valence-corrected chi connectivity index (χ1v) is 7.54. The normalized spacial score (nSPS) is 10.5. The van der Waals surface area contributed by atoms with Crippen molar-refractivity contribution in [3.63, 3.8) is 0 Å². The lowest BCUT2D eigenvalue weighted by molar-refractivity contribution is 0.0440. The van der Waals surface area contributed by atoms with E-state index in [1.165, 1.54) is 13.2 Å². The number of ether oxygens (including phenoxy) is 3. The second kappa shape index (κ2) is 7.09. The fourth-order valence-corrected chi connectivity index (χ4v) is 2.51. The van der Waals surface area contributed by atoms with Crippen molar-refractivity contribution in [3.8, 4) is 5.75 Å². The number of carbonyl (C=O) groups excluding carboxylic acids is 2. The van der Waals surface area contributed by atoms with Gasteiger partial charge in [0, 0.05) is 5.39 Å². The molecule has 0 aliphatic rings. The van der Waals surface area contributed by atoms with E-state index < -0.39 is 11.9 Å². The van der Waals surface area contributed by atoms with Crippen LogP contribution in [-0.4, -0.2) is 26.2 Å². The van der Waals surface area contributed by atoms with Crippen molar-refractivity contribution in [3.05, 3.63) is 65.6 Å². The number of hydrogen-bond donors (Lipinski definition) is 0. The highest BCUT2D eigenvalue weighted by Crippen LogP contribution is 2.28. The molecule has 1 aromatic heterocycles. The van der Waals surface area contributed by atoms with E-state index >= 15 is 0 Å². The lowest BCUT2D eigenvalue weighted by Crippen LogP contribution is -2.06. The molecule has 0 atom stereocenters. The molecule has 0 amide bonds. The van der Waals surface area contributed by atoms with Crippen molar-refractivity contribution in [2.75, 3.05) is 14.2 Å². The largest absolute Gasteiger partial charge is 0.496 e. The van der Waals surface area contributed by atoms with Gasteiger partial charge < -0.3 is 18.6 Å². The SMILES string of the molecule is COC(=O)c1ccc(COC(=O)c2ccc(OC)c3ccccc23)o1. The summed E-state index contributed by atoms with van der Waals surface area (Å²) in [6.45, 7) is -0.0871. The average molecular weight is 340 g/mol. The molecular formula is C19H16O6. The summed E-state index contributed by atoms with van der Waals surface area (Å²) in [5.41, 5.74) is 0.427. The molecular weight excluding hydrogens is 324 g/mol. The highest BCUT2D eigenvalue weighted by Gasteiger charge is 2.16. The Balaban J connectivity index is 1.79. The molecule has 0 spiro atoms. The predicted octanol–water partition coefficient (Wildman–Crippen LogP) is 3.59. The Bertz CT molecular complexity index is 925. The molecule has 3 aromatic rings. The smallest absolute Gasteiger partial charge is 0.373 e. The van der Waals surface area contributed by atoms with Gasteiger partial charge in [0.15, 0.2) is 0 Å². The minimum Gasteiger partial charge on any atom is -0.496 e. The quantitative estimate of drug-likeness (QED) is 0.661. The molecule has 0 bridgehead atoms. The Hall–Kier alpha value is -3.28. The summed E-state index contributed by atoms with van der Waals surface area (Å²) >= 11 is 0. The standard InChI is InChI=1S/C19H16O6/c1-22-16-10-8-15(13-5-3-4-6-14(13)16)18(20)24-11-12-7-9-17(25-12)19(21)23-2/h3-10H,11H2,1-2H3. The van der Waals surface area contributed by atoms with Gasteiger partial charge in [0.25, 0.3) is 0 Å². The zero-order valence-corrected chi connectivity index (χ0v) is 13.8. The summed E-state index contributed by atoms with van der Waals surface area (Å²) in [6, 6.07) is 13.8. The zero-order chi connectivity index (χ0) is 17.8. The fourth-order valence-electron chi connectivity index (χ4n) is 2.51. The molecule has 0 fully saturated rings. The fraction of sp³-hybridized carbons (Fsp3) is 0.158. The van der Waals surface area contributed by atoms with Crippen LogP contribution < -0.4 is 4.74 Å². The van der Waals surface area contributed by atoms with Crippen LogP contribution in [0.25, 0.3) is 10.8 Å². The van der Waals surface area contributed by atoms with Gasteiger partial charge in [-0.15, -0.1) is 0 Å². The molecule has 0 N–H and O–H groups in total. The van der Waals surface area contributed by atoms with Crippen LogP contribution in [0.4, 0.5) is 0 Å². The van der Waals surface area contributed by atoms with Gasteiger partial charge in [-0.3, -0.25) is 0 Å². The first kappa shape index (κ1) is 16.6. The van der Waals surface area contributed by atoms with Crippen molar-refractivity contribution in [2.24, 2.45) is 0 Å². The number of hydrogen-bond acceptors (Lipinski definition) is 6. The van der Waals surface area contributed by atoms with Gasteiger partial charge in [0.1, 0.15) is 18.1 Å². The first-order chi connectivity index (χ1) is 12.1. The minimum absolute atomic E-state index is 0.0587. The summed E-state index contributed by atoms with van der Waals surface area (Å²) in [6.07, 6.45) is 0. The molecule has 1 heterocycles. The summed E-state index contributed by atoms with van der Waals surface area (Å²) < 4.78 is 20.5. The van der Waals surface area contributed by atoms with Gasteiger partial charge in [-0.2, -0.15) is 0 Å². The van der Waals surface area contributed by atoms with Gasteiger partial charge in [-0.1, -0.05) is 24.3 Å². The predicted molar refractivity (Wildman–Crippen MR) is 89.7 cm³/mol. The zero-order valence-electron chi connectivity index (χ0n) is 13.8. The Labute approximate surface area is 143 Å². The number of methoxy groups -OCH3 is 2. The summed E-state index contributed by atoms with van der Waals surface area (Å²) in [5.74, 6) is 0.0181. The lowest BCUT2D eigenvalue weighted by Gasteiger charge is -2.10. The molecule has 128 valence electrons. The van der Waals surface area contributed by atoms with Gasteiger partial charge in [-0.05, 0) is 29.7 Å². The molecule has 3 rings (SSSR count). The molecule has 6 heteroatoms. The molecule has 0 aliphatic carbocycles. The Morgan fingerprint density at radius 2 is 1.68 bits per heavy atom. The number of esters is 2. The Morgan fingerprint density at radius 1 is 0.920 bits per heavy atom. The van der Waals surface area contributed by atoms with Crippen molar-refractivity contribution >= 4 is 22.7 Å². The highest BCUT2D eigenvalue weighted by atomic mass is 16.6. The summed E-state index contributed by atoms with van der Waals surface area (Å²) in [7, 11) is 2.84. The van der Waals surface area contributed by atoms with E-state index in [2.05, 4.69) is 4.74 Å². The third-order valence-corrected chi connectivity index (χ3v) is 3.72. The van der Waals surface area contributed by atoms with Crippen molar-refractivity contribution in [1.82, 2.24) is 0 Å². The van der Waals surface area contributed by atoms with Crippen LogP contribution in [0.5, 0.6) is 5.75 Å².